The van der Waals surface area contributed by atoms with Crippen LogP contribution in [0.15, 0.2) is 46.9 Å². The Morgan fingerprint density at radius 1 is 0.964 bits per heavy atom. The van der Waals surface area contributed by atoms with Crippen LogP contribution in [0.3, 0.4) is 0 Å². The second-order valence-electron chi connectivity index (χ2n) is 5.69. The summed E-state index contributed by atoms with van der Waals surface area (Å²) in [5.74, 6) is -3.00. The lowest BCUT2D eigenvalue weighted by atomic mass is 10.1. The first kappa shape index (κ1) is 21.4. The van der Waals surface area contributed by atoms with Crippen LogP contribution in [-0.4, -0.2) is 22.9 Å². The van der Waals surface area contributed by atoms with Gasteiger partial charge in [0.05, 0.1) is 11.3 Å². The fourth-order valence-corrected chi connectivity index (χ4v) is 2.64. The van der Waals surface area contributed by atoms with Crippen molar-refractivity contribution in [3.05, 3.63) is 58.1 Å². The van der Waals surface area contributed by atoms with Gasteiger partial charge in [-0.1, -0.05) is 12.1 Å². The van der Waals surface area contributed by atoms with Crippen LogP contribution in [0.2, 0.25) is 0 Å². The molecule has 28 heavy (non-hydrogen) atoms. The van der Waals surface area contributed by atoms with Crippen LogP contribution in [0.5, 0.6) is 0 Å². The highest BCUT2D eigenvalue weighted by Crippen LogP contribution is 2.33. The molecule has 2 amide bonds. The van der Waals surface area contributed by atoms with Crippen LogP contribution >= 0.6 is 15.9 Å². The number of carboxylic acids is 1. The van der Waals surface area contributed by atoms with Crippen LogP contribution in [0, 0.1) is 0 Å². The first-order valence-corrected chi connectivity index (χ1v) is 8.65. The Morgan fingerprint density at radius 3 is 2.11 bits per heavy atom. The maximum absolute atomic E-state index is 12.6. The predicted molar refractivity (Wildman–Crippen MR) is 98.8 cm³/mol. The Morgan fingerprint density at radius 2 is 1.57 bits per heavy atom. The van der Waals surface area contributed by atoms with Crippen molar-refractivity contribution in [3.63, 3.8) is 0 Å². The molecule has 0 aliphatic rings. The van der Waals surface area contributed by atoms with Gasteiger partial charge >= 0.3 is 24.0 Å². The quantitative estimate of drug-likeness (QED) is 0.588. The molecule has 0 saturated heterocycles. The number of carboxylic acid groups (broad SMARTS) is 1. The number of aliphatic carboxylic acids is 1. The van der Waals surface area contributed by atoms with Gasteiger partial charge in [0.15, 0.2) is 0 Å². The van der Waals surface area contributed by atoms with E-state index >= 15 is 0 Å². The topological polar surface area (TPSA) is 95.5 Å². The molecule has 0 fully saturated rings. The largest absolute Gasteiger partial charge is 0.481 e. The predicted octanol–water partition coefficient (Wildman–Crippen LogP) is 4.06. The minimum absolute atomic E-state index is 0.0113. The van der Waals surface area contributed by atoms with Crippen LogP contribution in [0.1, 0.15) is 17.5 Å². The molecule has 2 aromatic carbocycles. The summed E-state index contributed by atoms with van der Waals surface area (Å²) in [6, 6.07) is 8.87. The van der Waals surface area contributed by atoms with Crippen molar-refractivity contribution in [1.82, 2.24) is 0 Å². The molecule has 0 bridgehead atoms. The van der Waals surface area contributed by atoms with E-state index < -0.39 is 29.5 Å². The highest BCUT2D eigenvalue weighted by atomic mass is 79.9. The number of benzene rings is 2. The minimum Gasteiger partial charge on any atom is -0.481 e. The number of hydrogen-bond donors (Lipinski definition) is 3. The number of halogens is 4. The van der Waals surface area contributed by atoms with Crippen molar-refractivity contribution in [2.24, 2.45) is 0 Å². The molecule has 3 N–H and O–H groups in total. The number of anilines is 2. The fraction of sp³-hybridized carbons (Fsp3) is 0.167. The summed E-state index contributed by atoms with van der Waals surface area (Å²) in [7, 11) is 0. The standard InChI is InChI=1S/C18H14BrF3N2O4/c19-13-9-11(18(20,21)22)4-7-14(13)24-17(28)16(27)23-12-5-1-10(2-6-12)3-8-15(25)26/h1-2,4-7,9H,3,8H2,(H,23,27)(H,24,28)(H,25,26). The minimum atomic E-state index is -4.53. The van der Waals surface area contributed by atoms with Crippen molar-refractivity contribution in [3.8, 4) is 0 Å². The van der Waals surface area contributed by atoms with Gasteiger partial charge in [0.1, 0.15) is 0 Å². The first-order valence-electron chi connectivity index (χ1n) is 7.86. The number of amides is 2. The number of carbonyl (C=O) groups is 3. The fourth-order valence-electron chi connectivity index (χ4n) is 2.17. The van der Waals surface area contributed by atoms with Crippen molar-refractivity contribution >= 4 is 45.1 Å². The number of carbonyl (C=O) groups excluding carboxylic acids is 2. The Balaban J connectivity index is 1.98. The van der Waals surface area contributed by atoms with Crippen molar-refractivity contribution in [1.29, 1.82) is 0 Å². The van der Waals surface area contributed by atoms with Gasteiger partial charge in [-0.15, -0.1) is 0 Å². The third-order valence-corrected chi connectivity index (χ3v) is 4.25. The molecule has 0 aliphatic heterocycles. The van der Waals surface area contributed by atoms with Crippen LogP contribution in [0.4, 0.5) is 24.5 Å². The van der Waals surface area contributed by atoms with E-state index in [1.54, 1.807) is 12.1 Å². The zero-order valence-corrected chi connectivity index (χ0v) is 15.7. The van der Waals surface area contributed by atoms with E-state index in [4.69, 9.17) is 5.11 Å². The summed E-state index contributed by atoms with van der Waals surface area (Å²) in [5.41, 5.74) is 0.172. The molecule has 0 aliphatic carbocycles. The summed E-state index contributed by atoms with van der Waals surface area (Å²) in [4.78, 5) is 34.5. The number of aryl methyl sites for hydroxylation is 1. The zero-order chi connectivity index (χ0) is 20.9. The average molecular weight is 459 g/mol. The summed E-state index contributed by atoms with van der Waals surface area (Å²) in [6.45, 7) is 0. The van der Waals surface area contributed by atoms with E-state index in [1.807, 2.05) is 0 Å². The number of hydrogen-bond acceptors (Lipinski definition) is 3. The van der Waals surface area contributed by atoms with Gasteiger partial charge in [0.25, 0.3) is 0 Å². The van der Waals surface area contributed by atoms with Crippen LogP contribution < -0.4 is 10.6 Å². The lowest BCUT2D eigenvalue weighted by molar-refractivity contribution is -0.138. The van der Waals surface area contributed by atoms with E-state index in [9.17, 15) is 27.6 Å². The highest BCUT2D eigenvalue weighted by Gasteiger charge is 2.31. The van der Waals surface area contributed by atoms with Gasteiger partial charge in [-0.3, -0.25) is 14.4 Å². The van der Waals surface area contributed by atoms with Gasteiger partial charge in [0.2, 0.25) is 0 Å². The molecule has 2 rings (SSSR count). The van der Waals surface area contributed by atoms with Crippen molar-refractivity contribution < 1.29 is 32.7 Å². The molecule has 0 radical (unpaired) electrons. The normalized spacial score (nSPS) is 11.0. The second kappa shape index (κ2) is 8.87. The van der Waals surface area contributed by atoms with E-state index in [2.05, 4.69) is 26.6 Å². The molecule has 0 saturated carbocycles. The molecule has 6 nitrogen and oxygen atoms in total. The highest BCUT2D eigenvalue weighted by molar-refractivity contribution is 9.10. The molecule has 148 valence electrons. The molecule has 0 atom stereocenters. The molecule has 2 aromatic rings. The second-order valence-corrected chi connectivity index (χ2v) is 6.55. The average Bonchev–Trinajstić information content (AvgIpc) is 2.61. The van der Waals surface area contributed by atoms with E-state index in [0.717, 1.165) is 23.8 Å². The molecule has 10 heteroatoms. The van der Waals surface area contributed by atoms with Gasteiger partial charge in [-0.25, -0.2) is 0 Å². The van der Waals surface area contributed by atoms with E-state index in [1.165, 1.54) is 12.1 Å². The first-order chi connectivity index (χ1) is 13.1. The van der Waals surface area contributed by atoms with Crippen molar-refractivity contribution in [2.75, 3.05) is 10.6 Å². The summed E-state index contributed by atoms with van der Waals surface area (Å²) < 4.78 is 37.9. The summed E-state index contributed by atoms with van der Waals surface area (Å²) in [5, 5.41) is 13.2. The molecular weight excluding hydrogens is 445 g/mol. The lowest BCUT2D eigenvalue weighted by Gasteiger charge is -2.11. The number of rotatable bonds is 5. The zero-order valence-electron chi connectivity index (χ0n) is 14.1. The Kier molecular flexibility index (Phi) is 6.79. The third-order valence-electron chi connectivity index (χ3n) is 3.59. The van der Waals surface area contributed by atoms with Crippen LogP contribution in [0.25, 0.3) is 0 Å². The molecule has 0 aromatic heterocycles. The SMILES string of the molecule is O=C(O)CCc1ccc(NC(=O)C(=O)Nc2ccc(C(F)(F)F)cc2Br)cc1. The molecular formula is C18H14BrF3N2O4. The van der Waals surface area contributed by atoms with Gasteiger partial charge < -0.3 is 15.7 Å². The number of alkyl halides is 3. The van der Waals surface area contributed by atoms with E-state index in [-0.39, 0.29) is 16.6 Å². The maximum atomic E-state index is 12.6. The summed E-state index contributed by atoms with van der Waals surface area (Å²) >= 11 is 2.93. The van der Waals surface area contributed by atoms with E-state index in [0.29, 0.717) is 12.1 Å². The molecule has 0 spiro atoms. The van der Waals surface area contributed by atoms with Crippen LogP contribution in [-0.2, 0) is 27.0 Å². The Labute approximate surface area is 165 Å². The molecule has 0 unspecified atom stereocenters. The Bertz CT molecular complexity index is 899. The third kappa shape index (κ3) is 6.08. The monoisotopic (exact) mass is 458 g/mol. The van der Waals surface area contributed by atoms with Crippen molar-refractivity contribution in [2.45, 2.75) is 19.0 Å². The van der Waals surface area contributed by atoms with Gasteiger partial charge in [-0.05, 0) is 58.2 Å². The lowest BCUT2D eigenvalue weighted by Crippen LogP contribution is -2.29. The maximum Gasteiger partial charge on any atom is 0.416 e. The Hall–Kier alpha value is -2.88. The van der Waals surface area contributed by atoms with Gasteiger partial charge in [-0.2, -0.15) is 13.2 Å². The smallest absolute Gasteiger partial charge is 0.416 e. The molecule has 0 heterocycles. The number of nitrogens with one attached hydrogen (secondary N) is 2. The van der Waals surface area contributed by atoms with Gasteiger partial charge in [0, 0.05) is 16.6 Å². The summed E-state index contributed by atoms with van der Waals surface area (Å²) in [6.07, 6.45) is -4.23.